The Labute approximate surface area is 143 Å². The zero-order chi connectivity index (χ0) is 18.6. The van der Waals surface area contributed by atoms with Crippen LogP contribution in [-0.2, 0) is 11.3 Å². The topological polar surface area (TPSA) is 84.2 Å². The number of nitrogens with zero attached hydrogens (tertiary/aromatic N) is 2. The summed E-state index contributed by atoms with van der Waals surface area (Å²) in [7, 11) is 0. The zero-order valence-electron chi connectivity index (χ0n) is 13.9. The van der Waals surface area contributed by atoms with Gasteiger partial charge in [0, 0.05) is 17.7 Å². The molecular weight excluding hydrogens is 332 g/mol. The second-order valence-corrected chi connectivity index (χ2v) is 5.78. The molecule has 2 N–H and O–H groups in total. The molecule has 2 aromatic rings. The molecule has 1 heterocycles. The molecule has 25 heavy (non-hydrogen) atoms. The van der Waals surface area contributed by atoms with Crippen LogP contribution in [-0.4, -0.2) is 39.2 Å². The third-order valence-corrected chi connectivity index (χ3v) is 3.64. The highest BCUT2D eigenvalue weighted by Gasteiger charge is 2.24. The summed E-state index contributed by atoms with van der Waals surface area (Å²) < 4.78 is 26.6. The summed E-state index contributed by atoms with van der Waals surface area (Å²) in [6.45, 7) is 4.24. The quantitative estimate of drug-likeness (QED) is 0.802. The first kappa shape index (κ1) is 18.6. The van der Waals surface area contributed by atoms with Gasteiger partial charge in [0.2, 0.25) is 6.43 Å². The van der Waals surface area contributed by atoms with Crippen molar-refractivity contribution in [1.82, 2.24) is 15.1 Å². The lowest BCUT2D eigenvalue weighted by Gasteiger charge is -2.14. The minimum Gasteiger partial charge on any atom is -0.480 e. The van der Waals surface area contributed by atoms with Gasteiger partial charge in [-0.3, -0.25) is 9.48 Å². The third kappa shape index (κ3) is 5.10. The molecule has 1 unspecified atom stereocenters. The predicted molar refractivity (Wildman–Crippen MR) is 86.8 cm³/mol. The van der Waals surface area contributed by atoms with Crippen molar-refractivity contribution in [3.8, 4) is 0 Å². The summed E-state index contributed by atoms with van der Waals surface area (Å²) in [5.41, 5.74) is 2.84. The van der Waals surface area contributed by atoms with Crippen LogP contribution >= 0.6 is 0 Å². The molecule has 0 fully saturated rings. The molecule has 1 aromatic carbocycles. The second kappa shape index (κ2) is 7.87. The summed E-state index contributed by atoms with van der Waals surface area (Å²) in [6.07, 6.45) is -3.76. The van der Waals surface area contributed by atoms with Gasteiger partial charge in [0.1, 0.15) is 6.04 Å². The fourth-order valence-electron chi connectivity index (χ4n) is 2.46. The van der Waals surface area contributed by atoms with E-state index >= 15 is 0 Å². The van der Waals surface area contributed by atoms with Crippen LogP contribution in [0.4, 0.5) is 8.78 Å². The summed E-state index contributed by atoms with van der Waals surface area (Å²) in [5.74, 6) is -2.20. The standard InChI is InChI=1S/C17H19F2N3O3/c1-10-6-11(2)22(21-10)9-12-4-3-5-13(7-12)16(23)20-14(17(24)25)8-15(18)19/h3-7,14-15H,8-9H2,1-2H3,(H,20,23)(H,24,25). The monoisotopic (exact) mass is 351 g/mol. The molecule has 0 aliphatic heterocycles. The number of aliphatic carboxylic acids is 1. The Balaban J connectivity index is 2.13. The number of carbonyl (C=O) groups is 2. The molecule has 0 saturated carbocycles. The van der Waals surface area contributed by atoms with Gasteiger partial charge < -0.3 is 10.4 Å². The Morgan fingerprint density at radius 3 is 2.56 bits per heavy atom. The van der Waals surface area contributed by atoms with Crippen molar-refractivity contribution in [3.05, 3.63) is 52.8 Å². The largest absolute Gasteiger partial charge is 0.480 e. The van der Waals surface area contributed by atoms with Crippen LogP contribution in [0.2, 0.25) is 0 Å². The molecule has 134 valence electrons. The second-order valence-electron chi connectivity index (χ2n) is 5.78. The van der Waals surface area contributed by atoms with Gasteiger partial charge in [-0.15, -0.1) is 0 Å². The van der Waals surface area contributed by atoms with Crippen LogP contribution in [0.15, 0.2) is 30.3 Å². The minimum absolute atomic E-state index is 0.208. The van der Waals surface area contributed by atoms with E-state index in [-0.39, 0.29) is 5.56 Å². The molecule has 0 radical (unpaired) electrons. The number of amides is 1. The number of rotatable bonds is 7. The van der Waals surface area contributed by atoms with Gasteiger partial charge in [-0.05, 0) is 37.6 Å². The normalized spacial score (nSPS) is 12.2. The molecule has 0 bridgehead atoms. The lowest BCUT2D eigenvalue weighted by atomic mass is 10.1. The highest BCUT2D eigenvalue weighted by Crippen LogP contribution is 2.11. The lowest BCUT2D eigenvalue weighted by Crippen LogP contribution is -2.42. The molecule has 1 atom stereocenters. The smallest absolute Gasteiger partial charge is 0.326 e. The molecule has 1 aromatic heterocycles. The fraction of sp³-hybridized carbons (Fsp3) is 0.353. The first-order chi connectivity index (χ1) is 11.8. The number of carboxylic acids is 1. The van der Waals surface area contributed by atoms with E-state index in [9.17, 15) is 18.4 Å². The number of hydrogen-bond donors (Lipinski definition) is 2. The van der Waals surface area contributed by atoms with E-state index < -0.39 is 30.8 Å². The van der Waals surface area contributed by atoms with Crippen molar-refractivity contribution in [2.75, 3.05) is 0 Å². The van der Waals surface area contributed by atoms with Gasteiger partial charge >= 0.3 is 5.97 Å². The zero-order valence-corrected chi connectivity index (χ0v) is 13.9. The van der Waals surface area contributed by atoms with Crippen molar-refractivity contribution in [1.29, 1.82) is 0 Å². The van der Waals surface area contributed by atoms with Crippen molar-refractivity contribution >= 4 is 11.9 Å². The number of halogens is 2. The Morgan fingerprint density at radius 2 is 2.00 bits per heavy atom. The van der Waals surface area contributed by atoms with Gasteiger partial charge in [0.05, 0.1) is 12.2 Å². The highest BCUT2D eigenvalue weighted by molar-refractivity contribution is 5.96. The molecule has 0 spiro atoms. The maximum atomic E-state index is 12.4. The van der Waals surface area contributed by atoms with Gasteiger partial charge in [0.15, 0.2) is 0 Å². The van der Waals surface area contributed by atoms with E-state index in [1.54, 1.807) is 22.9 Å². The number of carboxylic acid groups (broad SMARTS) is 1. The van der Waals surface area contributed by atoms with E-state index in [0.29, 0.717) is 6.54 Å². The summed E-state index contributed by atoms with van der Waals surface area (Å²) >= 11 is 0. The maximum Gasteiger partial charge on any atom is 0.326 e. The number of nitrogens with one attached hydrogen (secondary N) is 1. The molecule has 8 heteroatoms. The number of benzene rings is 1. The number of alkyl halides is 2. The molecule has 2 rings (SSSR count). The fourth-order valence-corrected chi connectivity index (χ4v) is 2.46. The lowest BCUT2D eigenvalue weighted by molar-refractivity contribution is -0.140. The van der Waals surface area contributed by atoms with Crippen molar-refractivity contribution in [3.63, 3.8) is 0 Å². The molecule has 1 amide bonds. The summed E-state index contributed by atoms with van der Waals surface area (Å²) in [5, 5.41) is 15.4. The van der Waals surface area contributed by atoms with E-state index in [4.69, 9.17) is 5.11 Å². The van der Waals surface area contributed by atoms with E-state index in [0.717, 1.165) is 17.0 Å². The van der Waals surface area contributed by atoms with Crippen LogP contribution in [0.3, 0.4) is 0 Å². The minimum atomic E-state index is -2.82. The molecule has 0 aliphatic carbocycles. The first-order valence-electron chi connectivity index (χ1n) is 7.68. The average Bonchev–Trinajstić information content (AvgIpc) is 2.84. The average molecular weight is 351 g/mol. The van der Waals surface area contributed by atoms with Crippen LogP contribution < -0.4 is 5.32 Å². The van der Waals surface area contributed by atoms with Crippen LogP contribution in [0.1, 0.15) is 33.7 Å². The SMILES string of the molecule is Cc1cc(C)n(Cc2cccc(C(=O)NC(CC(F)F)C(=O)O)c2)n1. The number of aryl methyl sites for hydroxylation is 2. The van der Waals surface area contributed by atoms with Crippen LogP contribution in [0.5, 0.6) is 0 Å². The number of aromatic nitrogens is 2. The van der Waals surface area contributed by atoms with Gasteiger partial charge in [-0.25, -0.2) is 13.6 Å². The summed E-state index contributed by atoms with van der Waals surface area (Å²) in [6, 6.07) is 6.85. The first-order valence-corrected chi connectivity index (χ1v) is 7.68. The molecular formula is C17H19F2N3O3. The molecule has 6 nitrogen and oxygen atoms in total. The van der Waals surface area contributed by atoms with E-state index in [1.165, 1.54) is 6.07 Å². The Hall–Kier alpha value is -2.77. The summed E-state index contributed by atoms with van der Waals surface area (Å²) in [4.78, 5) is 23.2. The number of carbonyl (C=O) groups excluding carboxylic acids is 1. The van der Waals surface area contributed by atoms with Crippen LogP contribution in [0.25, 0.3) is 0 Å². The van der Waals surface area contributed by atoms with Crippen molar-refractivity contribution < 1.29 is 23.5 Å². The van der Waals surface area contributed by atoms with Gasteiger partial charge in [-0.2, -0.15) is 5.10 Å². The Bertz CT molecular complexity index is 774. The van der Waals surface area contributed by atoms with Crippen molar-refractivity contribution in [2.45, 2.75) is 39.3 Å². The predicted octanol–water partition coefficient (Wildman–Crippen LogP) is 2.39. The highest BCUT2D eigenvalue weighted by atomic mass is 19.3. The maximum absolute atomic E-state index is 12.4. The van der Waals surface area contributed by atoms with E-state index in [1.807, 2.05) is 19.9 Å². The van der Waals surface area contributed by atoms with Crippen LogP contribution in [0, 0.1) is 13.8 Å². The van der Waals surface area contributed by atoms with Gasteiger partial charge in [-0.1, -0.05) is 12.1 Å². The third-order valence-electron chi connectivity index (χ3n) is 3.64. The Kier molecular flexibility index (Phi) is 5.84. The van der Waals surface area contributed by atoms with Crippen molar-refractivity contribution in [2.24, 2.45) is 0 Å². The molecule has 0 saturated heterocycles. The molecule has 0 aliphatic rings. The van der Waals surface area contributed by atoms with E-state index in [2.05, 4.69) is 10.4 Å². The van der Waals surface area contributed by atoms with Gasteiger partial charge in [0.25, 0.3) is 5.91 Å². The number of hydrogen-bond acceptors (Lipinski definition) is 3. The Morgan fingerprint density at radius 1 is 1.28 bits per heavy atom.